The van der Waals surface area contributed by atoms with Crippen molar-refractivity contribution in [2.45, 2.75) is 0 Å². The quantitative estimate of drug-likeness (QED) is 0.743. The van der Waals surface area contributed by atoms with Crippen LogP contribution in [0.3, 0.4) is 0 Å². The van der Waals surface area contributed by atoms with Crippen LogP contribution in [0, 0.1) is 0 Å². The van der Waals surface area contributed by atoms with Crippen LogP contribution >= 0.6 is 11.6 Å². The summed E-state index contributed by atoms with van der Waals surface area (Å²) < 4.78 is 1.37. The first-order chi connectivity index (χ1) is 12.1. The monoisotopic (exact) mass is 356 g/mol. The standard InChI is InChI=1S/C16H13ClN6O2/c1-18-15(24)10-2-5-12(6-3-10)20-16(25)13-8-11(17)4-7-14(13)23-9-19-21-22-23/h2-9H,1H3,(H,18,24)(H,20,25). The number of rotatable bonds is 4. The third-order valence-corrected chi connectivity index (χ3v) is 3.67. The molecular weight excluding hydrogens is 344 g/mol. The first-order valence-electron chi connectivity index (χ1n) is 7.25. The second-order valence-corrected chi connectivity index (χ2v) is 5.46. The van der Waals surface area contributed by atoms with Crippen LogP contribution in [0.15, 0.2) is 48.8 Å². The number of nitrogens with one attached hydrogen (secondary N) is 2. The van der Waals surface area contributed by atoms with Crippen molar-refractivity contribution in [3.8, 4) is 5.69 Å². The van der Waals surface area contributed by atoms with E-state index in [9.17, 15) is 9.59 Å². The molecule has 126 valence electrons. The van der Waals surface area contributed by atoms with Gasteiger partial charge >= 0.3 is 0 Å². The molecule has 0 saturated carbocycles. The van der Waals surface area contributed by atoms with Crippen LogP contribution < -0.4 is 10.6 Å². The average molecular weight is 357 g/mol. The van der Waals surface area contributed by atoms with E-state index in [0.717, 1.165) is 0 Å². The van der Waals surface area contributed by atoms with Crippen LogP contribution in [-0.2, 0) is 0 Å². The predicted molar refractivity (Wildman–Crippen MR) is 91.9 cm³/mol. The van der Waals surface area contributed by atoms with E-state index >= 15 is 0 Å². The molecule has 9 heteroatoms. The molecule has 0 aliphatic heterocycles. The van der Waals surface area contributed by atoms with Gasteiger partial charge < -0.3 is 10.6 Å². The Morgan fingerprint density at radius 3 is 2.48 bits per heavy atom. The fraction of sp³-hybridized carbons (Fsp3) is 0.0625. The summed E-state index contributed by atoms with van der Waals surface area (Å²) in [4.78, 5) is 24.2. The predicted octanol–water partition coefficient (Wildman–Crippen LogP) is 1.93. The fourth-order valence-electron chi connectivity index (χ4n) is 2.21. The van der Waals surface area contributed by atoms with Crippen molar-refractivity contribution in [3.05, 3.63) is 64.9 Å². The van der Waals surface area contributed by atoms with Crippen LogP contribution in [0.5, 0.6) is 0 Å². The number of amides is 2. The van der Waals surface area contributed by atoms with Crippen LogP contribution in [0.25, 0.3) is 5.69 Å². The number of benzene rings is 2. The third-order valence-electron chi connectivity index (χ3n) is 3.43. The van der Waals surface area contributed by atoms with Gasteiger partial charge in [-0.1, -0.05) is 11.6 Å². The van der Waals surface area contributed by atoms with Gasteiger partial charge in [-0.25, -0.2) is 0 Å². The molecule has 0 atom stereocenters. The summed E-state index contributed by atoms with van der Waals surface area (Å²) in [5, 5.41) is 16.6. The topological polar surface area (TPSA) is 102 Å². The van der Waals surface area contributed by atoms with Gasteiger partial charge in [0.2, 0.25) is 0 Å². The van der Waals surface area contributed by atoms with Crippen molar-refractivity contribution < 1.29 is 9.59 Å². The highest BCUT2D eigenvalue weighted by molar-refractivity contribution is 6.31. The van der Waals surface area contributed by atoms with Gasteiger partial charge in [-0.15, -0.1) is 5.10 Å². The molecule has 3 rings (SSSR count). The molecule has 3 aromatic rings. The zero-order chi connectivity index (χ0) is 17.8. The number of aromatic nitrogens is 4. The van der Waals surface area contributed by atoms with Crippen LogP contribution in [0.4, 0.5) is 5.69 Å². The molecule has 8 nitrogen and oxygen atoms in total. The van der Waals surface area contributed by atoms with Crippen molar-refractivity contribution in [1.82, 2.24) is 25.5 Å². The summed E-state index contributed by atoms with van der Waals surface area (Å²) in [5.74, 6) is -0.575. The minimum atomic E-state index is -0.374. The van der Waals surface area contributed by atoms with Crippen LogP contribution in [0.2, 0.25) is 5.02 Å². The summed E-state index contributed by atoms with van der Waals surface area (Å²) in [6.45, 7) is 0. The van der Waals surface area contributed by atoms with Crippen molar-refractivity contribution in [3.63, 3.8) is 0 Å². The minimum Gasteiger partial charge on any atom is -0.355 e. The Labute approximate surface area is 147 Å². The molecule has 1 aromatic heterocycles. The first-order valence-corrected chi connectivity index (χ1v) is 7.62. The summed E-state index contributed by atoms with van der Waals surface area (Å²) in [6, 6.07) is 11.4. The molecular formula is C16H13ClN6O2. The van der Waals surface area contributed by atoms with E-state index in [0.29, 0.717) is 27.5 Å². The van der Waals surface area contributed by atoms with E-state index in [1.165, 1.54) is 17.1 Å². The molecule has 0 unspecified atom stereocenters. The smallest absolute Gasteiger partial charge is 0.257 e. The number of hydrogen-bond acceptors (Lipinski definition) is 5. The second kappa shape index (κ2) is 7.10. The molecule has 0 saturated heterocycles. The zero-order valence-electron chi connectivity index (χ0n) is 13.1. The summed E-state index contributed by atoms with van der Waals surface area (Å²) >= 11 is 6.01. The van der Waals surface area contributed by atoms with Gasteiger partial charge in [0.25, 0.3) is 11.8 Å². The molecule has 0 radical (unpaired) electrons. The SMILES string of the molecule is CNC(=O)c1ccc(NC(=O)c2cc(Cl)ccc2-n2cnnn2)cc1. The number of carbonyl (C=O) groups is 2. The maximum absolute atomic E-state index is 12.6. The molecule has 0 aliphatic rings. The molecule has 2 N–H and O–H groups in total. The lowest BCUT2D eigenvalue weighted by Crippen LogP contribution is -2.18. The number of hydrogen-bond donors (Lipinski definition) is 2. The number of carbonyl (C=O) groups excluding carboxylic acids is 2. The van der Waals surface area contributed by atoms with Crippen molar-refractivity contribution in [1.29, 1.82) is 0 Å². The lowest BCUT2D eigenvalue weighted by atomic mass is 10.1. The maximum Gasteiger partial charge on any atom is 0.257 e. The second-order valence-electron chi connectivity index (χ2n) is 5.03. The van der Waals surface area contributed by atoms with Gasteiger partial charge in [-0.3, -0.25) is 9.59 Å². The molecule has 25 heavy (non-hydrogen) atoms. The fourth-order valence-corrected chi connectivity index (χ4v) is 2.38. The number of halogens is 1. The highest BCUT2D eigenvalue weighted by atomic mass is 35.5. The Kier molecular flexibility index (Phi) is 4.71. The third kappa shape index (κ3) is 3.64. The first kappa shape index (κ1) is 16.6. The Bertz CT molecular complexity index is 909. The van der Waals surface area contributed by atoms with E-state index in [4.69, 9.17) is 11.6 Å². The van der Waals surface area contributed by atoms with E-state index in [1.807, 2.05) is 0 Å². The normalized spacial score (nSPS) is 10.3. The summed E-state index contributed by atoms with van der Waals surface area (Å²) in [6.07, 6.45) is 1.39. The Morgan fingerprint density at radius 1 is 1.08 bits per heavy atom. The Hall–Kier alpha value is -3.26. The Balaban J connectivity index is 1.86. The highest BCUT2D eigenvalue weighted by Gasteiger charge is 2.15. The molecule has 0 bridgehead atoms. The van der Waals surface area contributed by atoms with Crippen LogP contribution in [-0.4, -0.2) is 39.1 Å². The van der Waals surface area contributed by atoms with E-state index in [-0.39, 0.29) is 11.8 Å². The van der Waals surface area contributed by atoms with Crippen LogP contribution in [0.1, 0.15) is 20.7 Å². The highest BCUT2D eigenvalue weighted by Crippen LogP contribution is 2.20. The lowest BCUT2D eigenvalue weighted by Gasteiger charge is -2.10. The molecule has 0 aliphatic carbocycles. The van der Waals surface area contributed by atoms with Gasteiger partial charge in [0, 0.05) is 23.3 Å². The van der Waals surface area contributed by atoms with Gasteiger partial charge in [0.05, 0.1) is 11.3 Å². The van der Waals surface area contributed by atoms with Gasteiger partial charge in [0.1, 0.15) is 6.33 Å². The molecule has 0 fully saturated rings. The number of anilines is 1. The van der Waals surface area contributed by atoms with Gasteiger partial charge in [0.15, 0.2) is 0 Å². The van der Waals surface area contributed by atoms with E-state index in [1.54, 1.807) is 43.4 Å². The Morgan fingerprint density at radius 2 is 1.84 bits per heavy atom. The molecule has 2 amide bonds. The maximum atomic E-state index is 12.6. The minimum absolute atomic E-state index is 0.200. The van der Waals surface area contributed by atoms with Crippen molar-refractivity contribution in [2.24, 2.45) is 0 Å². The zero-order valence-corrected chi connectivity index (χ0v) is 13.9. The molecule has 1 heterocycles. The van der Waals surface area contributed by atoms with E-state index in [2.05, 4.69) is 26.2 Å². The largest absolute Gasteiger partial charge is 0.355 e. The number of nitrogens with zero attached hydrogens (tertiary/aromatic N) is 4. The van der Waals surface area contributed by atoms with Gasteiger partial charge in [-0.05, 0) is 52.9 Å². The molecule has 0 spiro atoms. The summed E-state index contributed by atoms with van der Waals surface area (Å²) in [7, 11) is 1.55. The van der Waals surface area contributed by atoms with Gasteiger partial charge in [-0.2, -0.15) is 4.68 Å². The number of tetrazole rings is 1. The van der Waals surface area contributed by atoms with E-state index < -0.39 is 0 Å². The average Bonchev–Trinajstić information content (AvgIpc) is 3.16. The van der Waals surface area contributed by atoms with Crippen molar-refractivity contribution >= 4 is 29.1 Å². The molecule has 2 aromatic carbocycles. The lowest BCUT2D eigenvalue weighted by molar-refractivity contribution is 0.0962. The van der Waals surface area contributed by atoms with Crippen molar-refractivity contribution in [2.75, 3.05) is 12.4 Å². The summed E-state index contributed by atoms with van der Waals surface area (Å²) in [5.41, 5.74) is 1.85.